The van der Waals surface area contributed by atoms with Crippen LogP contribution in [0.1, 0.15) is 80.9 Å². The largest absolute Gasteiger partial charge is 0.371 e. The molecule has 0 unspecified atom stereocenters. The number of amidine groups is 1. The van der Waals surface area contributed by atoms with Crippen LogP contribution in [0.2, 0.25) is 0 Å². The predicted octanol–water partition coefficient (Wildman–Crippen LogP) is 5.50. The second-order valence-corrected chi connectivity index (χ2v) is 7.89. The van der Waals surface area contributed by atoms with Crippen LogP contribution in [0.15, 0.2) is 23.2 Å². The fourth-order valence-electron chi connectivity index (χ4n) is 4.34. The summed E-state index contributed by atoms with van der Waals surface area (Å²) in [5.41, 5.74) is 4.27. The molecule has 1 aromatic rings. The van der Waals surface area contributed by atoms with E-state index >= 15 is 0 Å². The van der Waals surface area contributed by atoms with Gasteiger partial charge in [0.05, 0.1) is 6.04 Å². The van der Waals surface area contributed by atoms with Gasteiger partial charge in [-0.15, -0.1) is 0 Å². The van der Waals surface area contributed by atoms with Crippen LogP contribution in [0.4, 0.5) is 0 Å². The van der Waals surface area contributed by atoms with E-state index in [1.165, 1.54) is 86.7 Å². The van der Waals surface area contributed by atoms with Crippen molar-refractivity contribution < 1.29 is 0 Å². The summed E-state index contributed by atoms with van der Waals surface area (Å²) < 4.78 is 0. The van der Waals surface area contributed by atoms with Gasteiger partial charge in [-0.3, -0.25) is 4.99 Å². The average molecular weight is 327 g/mol. The molecule has 0 spiro atoms. The SMILES string of the molecule is Cc1cccc(C)c1CC(=NC1CCCCC1)NC1CCCCC1. The molecule has 0 saturated heterocycles. The zero-order valence-electron chi connectivity index (χ0n) is 15.6. The molecule has 2 heteroatoms. The summed E-state index contributed by atoms with van der Waals surface area (Å²) in [6.07, 6.45) is 14.4. The normalized spacial score (nSPS) is 21.0. The van der Waals surface area contributed by atoms with Gasteiger partial charge in [0, 0.05) is 12.5 Å². The molecule has 2 nitrogen and oxygen atoms in total. The van der Waals surface area contributed by atoms with Crippen LogP contribution in [0.5, 0.6) is 0 Å². The van der Waals surface area contributed by atoms with Crippen molar-refractivity contribution in [1.82, 2.24) is 5.32 Å². The van der Waals surface area contributed by atoms with Crippen molar-refractivity contribution in [2.45, 2.75) is 96.6 Å². The van der Waals surface area contributed by atoms with E-state index in [0.717, 1.165) is 6.42 Å². The molecule has 1 N–H and O–H groups in total. The first kappa shape index (κ1) is 17.5. The lowest BCUT2D eigenvalue weighted by atomic mass is 9.94. The maximum atomic E-state index is 5.21. The van der Waals surface area contributed by atoms with Crippen molar-refractivity contribution in [3.63, 3.8) is 0 Å². The van der Waals surface area contributed by atoms with Gasteiger partial charge in [-0.2, -0.15) is 0 Å². The number of nitrogens with zero attached hydrogens (tertiary/aromatic N) is 1. The number of aryl methyl sites for hydroxylation is 2. The Morgan fingerprint density at radius 2 is 1.50 bits per heavy atom. The molecule has 2 saturated carbocycles. The summed E-state index contributed by atoms with van der Waals surface area (Å²) >= 11 is 0. The summed E-state index contributed by atoms with van der Waals surface area (Å²) in [4.78, 5) is 5.21. The average Bonchev–Trinajstić information content (AvgIpc) is 2.60. The molecular weight excluding hydrogens is 292 g/mol. The van der Waals surface area contributed by atoms with E-state index in [1.807, 2.05) is 0 Å². The molecule has 0 aliphatic heterocycles. The first-order valence-electron chi connectivity index (χ1n) is 10.1. The van der Waals surface area contributed by atoms with Gasteiger partial charge >= 0.3 is 0 Å². The molecule has 2 aliphatic carbocycles. The van der Waals surface area contributed by atoms with Gasteiger partial charge in [-0.1, -0.05) is 56.7 Å². The lowest BCUT2D eigenvalue weighted by molar-refractivity contribution is 0.407. The molecule has 0 aromatic heterocycles. The van der Waals surface area contributed by atoms with Crippen LogP contribution in [0.25, 0.3) is 0 Å². The van der Waals surface area contributed by atoms with E-state index < -0.39 is 0 Å². The summed E-state index contributed by atoms with van der Waals surface area (Å²) in [7, 11) is 0. The molecule has 0 amide bonds. The van der Waals surface area contributed by atoms with Crippen LogP contribution >= 0.6 is 0 Å². The highest BCUT2D eigenvalue weighted by molar-refractivity contribution is 5.85. The van der Waals surface area contributed by atoms with Gasteiger partial charge in [-0.25, -0.2) is 0 Å². The fourth-order valence-corrected chi connectivity index (χ4v) is 4.34. The standard InChI is InChI=1S/C22H34N2/c1-17-10-9-11-18(2)21(17)16-22(23-19-12-5-3-6-13-19)24-20-14-7-4-8-15-20/h9-11,19-20H,3-8,12-16H2,1-2H3,(H,23,24). The smallest absolute Gasteiger partial charge is 0.101 e. The lowest BCUT2D eigenvalue weighted by Crippen LogP contribution is -2.38. The van der Waals surface area contributed by atoms with E-state index in [1.54, 1.807) is 0 Å². The number of aliphatic imine (C=N–C) groups is 1. The molecule has 0 atom stereocenters. The number of rotatable bonds is 4. The van der Waals surface area contributed by atoms with Crippen molar-refractivity contribution in [2.75, 3.05) is 0 Å². The third-order valence-electron chi connectivity index (χ3n) is 5.88. The molecule has 24 heavy (non-hydrogen) atoms. The quantitative estimate of drug-likeness (QED) is 0.573. The predicted molar refractivity (Wildman–Crippen MR) is 104 cm³/mol. The van der Waals surface area contributed by atoms with Gasteiger partial charge in [-0.05, 0) is 56.2 Å². The van der Waals surface area contributed by atoms with Crippen molar-refractivity contribution >= 4 is 5.84 Å². The monoisotopic (exact) mass is 326 g/mol. The van der Waals surface area contributed by atoms with E-state index in [-0.39, 0.29) is 0 Å². The Kier molecular flexibility index (Phi) is 6.34. The zero-order valence-corrected chi connectivity index (χ0v) is 15.6. The van der Waals surface area contributed by atoms with Crippen molar-refractivity contribution in [2.24, 2.45) is 4.99 Å². The molecular formula is C22H34N2. The van der Waals surface area contributed by atoms with Gasteiger partial charge in [0.2, 0.25) is 0 Å². The van der Waals surface area contributed by atoms with E-state index in [9.17, 15) is 0 Å². The van der Waals surface area contributed by atoms with Crippen molar-refractivity contribution in [1.29, 1.82) is 0 Å². The maximum Gasteiger partial charge on any atom is 0.101 e. The first-order chi connectivity index (χ1) is 11.7. The molecule has 132 valence electrons. The zero-order chi connectivity index (χ0) is 16.8. The summed E-state index contributed by atoms with van der Waals surface area (Å²) in [6.45, 7) is 4.47. The van der Waals surface area contributed by atoms with Crippen LogP contribution in [0, 0.1) is 13.8 Å². The molecule has 3 rings (SSSR count). The van der Waals surface area contributed by atoms with Gasteiger partial charge in [0.1, 0.15) is 5.84 Å². The lowest BCUT2D eigenvalue weighted by Gasteiger charge is -2.27. The minimum absolute atomic E-state index is 0.550. The minimum atomic E-state index is 0.550. The first-order valence-corrected chi connectivity index (χ1v) is 10.1. The topological polar surface area (TPSA) is 24.4 Å². The molecule has 1 aromatic carbocycles. The minimum Gasteiger partial charge on any atom is -0.371 e. The van der Waals surface area contributed by atoms with E-state index in [0.29, 0.717) is 12.1 Å². The third kappa shape index (κ3) is 4.84. The molecule has 0 heterocycles. The van der Waals surface area contributed by atoms with Crippen molar-refractivity contribution in [3.05, 3.63) is 34.9 Å². The number of nitrogens with one attached hydrogen (secondary N) is 1. The van der Waals surface area contributed by atoms with Gasteiger partial charge in [0.25, 0.3) is 0 Å². The Morgan fingerprint density at radius 3 is 2.12 bits per heavy atom. The van der Waals surface area contributed by atoms with E-state index in [2.05, 4.69) is 37.4 Å². The molecule has 0 bridgehead atoms. The van der Waals surface area contributed by atoms with Crippen LogP contribution < -0.4 is 5.32 Å². The summed E-state index contributed by atoms with van der Waals surface area (Å²) in [6, 6.07) is 7.84. The highest BCUT2D eigenvalue weighted by atomic mass is 15.0. The Hall–Kier alpha value is -1.31. The van der Waals surface area contributed by atoms with Gasteiger partial charge in [0.15, 0.2) is 0 Å². The second-order valence-electron chi connectivity index (χ2n) is 7.89. The number of hydrogen-bond donors (Lipinski definition) is 1. The maximum absolute atomic E-state index is 5.21. The molecule has 2 fully saturated rings. The highest BCUT2D eigenvalue weighted by Crippen LogP contribution is 2.23. The number of benzene rings is 1. The molecule has 2 aliphatic rings. The van der Waals surface area contributed by atoms with Crippen LogP contribution in [-0.4, -0.2) is 17.9 Å². The van der Waals surface area contributed by atoms with Crippen molar-refractivity contribution in [3.8, 4) is 0 Å². The third-order valence-corrected chi connectivity index (χ3v) is 5.88. The van der Waals surface area contributed by atoms with Crippen LogP contribution in [0.3, 0.4) is 0 Å². The summed E-state index contributed by atoms with van der Waals surface area (Å²) in [5.74, 6) is 1.26. The Bertz CT molecular complexity index is 529. The highest BCUT2D eigenvalue weighted by Gasteiger charge is 2.18. The Morgan fingerprint density at radius 1 is 0.917 bits per heavy atom. The molecule has 0 radical (unpaired) electrons. The summed E-state index contributed by atoms with van der Waals surface area (Å²) in [5, 5.41) is 3.86. The van der Waals surface area contributed by atoms with E-state index in [4.69, 9.17) is 4.99 Å². The fraction of sp³-hybridized carbons (Fsp3) is 0.682. The number of hydrogen-bond acceptors (Lipinski definition) is 1. The van der Waals surface area contributed by atoms with Gasteiger partial charge < -0.3 is 5.32 Å². The Balaban J connectivity index is 1.76. The Labute approximate surface area is 148 Å². The van der Waals surface area contributed by atoms with Crippen LogP contribution in [-0.2, 0) is 6.42 Å². The second kappa shape index (κ2) is 8.69.